The average molecular weight is 753 g/mol. The molecule has 1 amide bonds. The largest absolute Gasteiger partial charge is 0.475 e. The number of pyridine rings is 1. The number of nitrogens with one attached hydrogen (secondary N) is 1. The Hall–Kier alpha value is -4.51. The summed E-state index contributed by atoms with van der Waals surface area (Å²) < 4.78 is 37.3. The number of benzene rings is 2. The van der Waals surface area contributed by atoms with Crippen LogP contribution in [-0.2, 0) is 23.0 Å². The van der Waals surface area contributed by atoms with E-state index in [9.17, 15) is 13.2 Å². The summed E-state index contributed by atoms with van der Waals surface area (Å²) in [6.07, 6.45) is 7.71. The molecule has 54 heavy (non-hydrogen) atoms. The van der Waals surface area contributed by atoms with Gasteiger partial charge < -0.3 is 14.5 Å². The second-order valence-electron chi connectivity index (χ2n) is 16.6. The Morgan fingerprint density at radius 1 is 0.963 bits per heavy atom. The van der Waals surface area contributed by atoms with Crippen molar-refractivity contribution in [3.05, 3.63) is 88.6 Å². The summed E-state index contributed by atoms with van der Waals surface area (Å²) in [5, 5.41) is 0. The molecule has 1 atom stereocenters. The molecular weight excluding hydrogens is 697 g/mol. The van der Waals surface area contributed by atoms with E-state index < -0.39 is 16.1 Å². The van der Waals surface area contributed by atoms with Gasteiger partial charge in [-0.2, -0.15) is 4.98 Å². The Kier molecular flexibility index (Phi) is 11.7. The lowest BCUT2D eigenvalue weighted by molar-refractivity contribution is 0.0508. The number of ether oxygens (including phenoxy) is 1. The van der Waals surface area contributed by atoms with Crippen LogP contribution in [0.4, 0.5) is 11.8 Å². The Morgan fingerprint density at radius 3 is 2.41 bits per heavy atom. The van der Waals surface area contributed by atoms with Gasteiger partial charge in [-0.05, 0) is 93.3 Å². The third kappa shape index (κ3) is 9.05. The highest BCUT2D eigenvalue weighted by atomic mass is 32.2. The molecule has 1 saturated carbocycles. The minimum atomic E-state index is -4.20. The molecule has 10 nitrogen and oxygen atoms in total. The molecule has 4 aromatic rings. The third-order valence-electron chi connectivity index (χ3n) is 10.8. The molecule has 4 bridgehead atoms. The van der Waals surface area contributed by atoms with E-state index in [-0.39, 0.29) is 52.8 Å². The summed E-state index contributed by atoms with van der Waals surface area (Å²) in [7, 11) is -2.20. The van der Waals surface area contributed by atoms with Crippen molar-refractivity contribution in [3.8, 4) is 17.1 Å². The van der Waals surface area contributed by atoms with Gasteiger partial charge in [0.2, 0.25) is 11.8 Å². The number of fused-ring (bicyclic) bond motifs is 4. The van der Waals surface area contributed by atoms with Crippen LogP contribution in [0.1, 0.15) is 106 Å². The van der Waals surface area contributed by atoms with E-state index in [4.69, 9.17) is 19.7 Å². The number of hydrogen-bond donors (Lipinski definition) is 1. The topological polar surface area (TPSA) is 118 Å². The molecule has 11 heteroatoms. The van der Waals surface area contributed by atoms with Crippen LogP contribution >= 0.6 is 0 Å². The fourth-order valence-corrected chi connectivity index (χ4v) is 8.69. The highest BCUT2D eigenvalue weighted by Gasteiger charge is 2.33. The molecule has 1 fully saturated rings. The second-order valence-corrected chi connectivity index (χ2v) is 18.3. The molecule has 0 radical (unpaired) electrons. The number of carbonyl (C=O) groups is 1. The smallest absolute Gasteiger partial charge is 0.264 e. The first-order chi connectivity index (χ1) is 25.6. The maximum absolute atomic E-state index is 14.7. The first-order valence-corrected chi connectivity index (χ1v) is 20.8. The SMILES string of the molecule is Cc1cccc(CC2CCCCC2)c1-c1nc2nc(c1C)OC[C@@H](CC(C)(C)C)N(Cc1cccc(N(C)C(C)C)n1)C(=O)c1cccc(c1)S(=O)(=O)N2. The van der Waals surface area contributed by atoms with E-state index in [0.29, 0.717) is 23.6 Å². The maximum Gasteiger partial charge on any atom is 0.264 e. The van der Waals surface area contributed by atoms with E-state index in [1.165, 1.54) is 49.8 Å². The van der Waals surface area contributed by atoms with Crippen LogP contribution in [0.5, 0.6) is 5.88 Å². The van der Waals surface area contributed by atoms with E-state index >= 15 is 0 Å². The molecule has 3 heterocycles. The molecule has 2 aromatic carbocycles. The number of anilines is 2. The van der Waals surface area contributed by atoms with Gasteiger partial charge in [0.15, 0.2) is 0 Å². The van der Waals surface area contributed by atoms with Crippen molar-refractivity contribution in [2.24, 2.45) is 11.3 Å². The summed E-state index contributed by atoms with van der Waals surface area (Å²) in [5.74, 6) is 1.29. The summed E-state index contributed by atoms with van der Waals surface area (Å²) in [4.78, 5) is 33.0. The molecule has 2 aliphatic rings. The van der Waals surface area contributed by atoms with Crippen LogP contribution < -0.4 is 14.4 Å². The predicted octanol–water partition coefficient (Wildman–Crippen LogP) is 8.76. The highest BCUT2D eigenvalue weighted by Crippen LogP contribution is 2.37. The predicted molar refractivity (Wildman–Crippen MR) is 215 cm³/mol. The van der Waals surface area contributed by atoms with Crippen LogP contribution in [-0.4, -0.2) is 59.9 Å². The lowest BCUT2D eigenvalue weighted by Crippen LogP contribution is -2.45. The number of nitrogens with zero attached hydrogens (tertiary/aromatic N) is 5. The van der Waals surface area contributed by atoms with Crippen molar-refractivity contribution < 1.29 is 17.9 Å². The van der Waals surface area contributed by atoms with Crippen LogP contribution in [0, 0.1) is 25.2 Å². The van der Waals surface area contributed by atoms with E-state index in [1.54, 1.807) is 17.0 Å². The zero-order valence-electron chi connectivity index (χ0n) is 33.1. The number of aryl methyl sites for hydroxylation is 1. The average Bonchev–Trinajstić information content (AvgIpc) is 3.13. The van der Waals surface area contributed by atoms with Crippen molar-refractivity contribution in [1.29, 1.82) is 0 Å². The number of aromatic nitrogens is 3. The minimum Gasteiger partial charge on any atom is -0.475 e. The zero-order valence-corrected chi connectivity index (χ0v) is 34.0. The molecule has 0 unspecified atom stereocenters. The number of carbonyl (C=O) groups excluding carboxylic acids is 1. The molecule has 0 saturated heterocycles. The number of rotatable bonds is 8. The van der Waals surface area contributed by atoms with Gasteiger partial charge in [0.25, 0.3) is 15.9 Å². The van der Waals surface area contributed by atoms with Gasteiger partial charge in [0.1, 0.15) is 12.4 Å². The summed E-state index contributed by atoms with van der Waals surface area (Å²) in [6, 6.07) is 18.2. The monoisotopic (exact) mass is 752 g/mol. The van der Waals surface area contributed by atoms with Crippen molar-refractivity contribution in [3.63, 3.8) is 0 Å². The van der Waals surface area contributed by atoms with Crippen molar-refractivity contribution in [1.82, 2.24) is 19.9 Å². The van der Waals surface area contributed by atoms with Gasteiger partial charge >= 0.3 is 0 Å². The van der Waals surface area contributed by atoms with Crippen molar-refractivity contribution >= 4 is 27.7 Å². The Bertz CT molecular complexity index is 2090. The molecule has 288 valence electrons. The van der Waals surface area contributed by atoms with Gasteiger partial charge in [-0.25, -0.2) is 23.1 Å². The van der Waals surface area contributed by atoms with Crippen molar-refractivity contribution in [2.45, 2.75) is 117 Å². The summed E-state index contributed by atoms with van der Waals surface area (Å²) in [5.41, 5.74) is 5.36. The number of hydrogen-bond acceptors (Lipinski definition) is 8. The quantitative estimate of drug-likeness (QED) is 0.190. The molecule has 1 N–H and O–H groups in total. The standard InChI is InChI=1S/C43H56N6O4S/c1-28(2)48(8)37-22-14-20-34(44-37)26-49-35(25-43(5,6)7)27-53-40-30(4)39(38-29(3)15-12-18-32(38)23-31-16-10-9-11-17-31)45-42(46-40)47-54(51,52)36-21-13-19-33(24-36)41(49)50/h12-15,18-22,24,28,31,35H,9-11,16-17,23,25-27H2,1-8H3,(H,45,46,47)/t35-/m1/s1. The van der Waals surface area contributed by atoms with Gasteiger partial charge in [-0.3, -0.25) is 4.79 Å². The van der Waals surface area contributed by atoms with E-state index in [0.717, 1.165) is 29.1 Å². The zero-order chi connectivity index (χ0) is 38.8. The number of sulfonamides is 1. The first-order valence-electron chi connectivity index (χ1n) is 19.3. The van der Waals surface area contributed by atoms with Gasteiger partial charge in [0, 0.05) is 29.8 Å². The second kappa shape index (κ2) is 16.1. The van der Waals surface area contributed by atoms with Gasteiger partial charge in [-0.15, -0.1) is 0 Å². The van der Waals surface area contributed by atoms with Crippen LogP contribution in [0.2, 0.25) is 0 Å². The molecular formula is C43H56N6O4S. The maximum atomic E-state index is 14.7. The minimum absolute atomic E-state index is 0.0549. The Labute approximate surface area is 321 Å². The molecule has 0 spiro atoms. The first kappa shape index (κ1) is 39.2. The summed E-state index contributed by atoms with van der Waals surface area (Å²) >= 11 is 0. The van der Waals surface area contributed by atoms with Crippen LogP contribution in [0.15, 0.2) is 65.6 Å². The fraction of sp³-hybridized carbons (Fsp3) is 0.488. The Morgan fingerprint density at radius 2 is 1.69 bits per heavy atom. The van der Waals surface area contributed by atoms with Gasteiger partial charge in [-0.1, -0.05) is 83.2 Å². The molecule has 2 aromatic heterocycles. The van der Waals surface area contributed by atoms with E-state index in [1.807, 2.05) is 32.2 Å². The Balaban J connectivity index is 1.49. The summed E-state index contributed by atoms with van der Waals surface area (Å²) in [6.45, 7) is 15.0. The normalized spacial score (nSPS) is 17.9. The fourth-order valence-electron chi connectivity index (χ4n) is 7.70. The van der Waals surface area contributed by atoms with Gasteiger partial charge in [0.05, 0.1) is 28.9 Å². The number of amides is 1. The van der Waals surface area contributed by atoms with Crippen LogP contribution in [0.25, 0.3) is 11.3 Å². The van der Waals surface area contributed by atoms with Crippen LogP contribution in [0.3, 0.4) is 0 Å². The highest BCUT2D eigenvalue weighted by molar-refractivity contribution is 7.92. The third-order valence-corrected chi connectivity index (χ3v) is 12.1. The van der Waals surface area contributed by atoms with E-state index in [2.05, 4.69) is 69.4 Å². The lowest BCUT2D eigenvalue weighted by Gasteiger charge is -2.36. The molecule has 6 rings (SSSR count). The van der Waals surface area contributed by atoms with Crippen molar-refractivity contribution in [2.75, 3.05) is 23.3 Å². The lowest BCUT2D eigenvalue weighted by atomic mass is 9.82. The molecule has 1 aliphatic heterocycles. The molecule has 1 aliphatic carbocycles.